The minimum atomic E-state index is -0.549. The van der Waals surface area contributed by atoms with Gasteiger partial charge >= 0.3 is 0 Å². The van der Waals surface area contributed by atoms with E-state index in [1.807, 2.05) is 31.2 Å². The van der Waals surface area contributed by atoms with Crippen molar-refractivity contribution in [3.8, 4) is 5.75 Å². The normalized spacial score (nSPS) is 16.8. The molecule has 2 amide bonds. The minimum absolute atomic E-state index is 0. The van der Waals surface area contributed by atoms with Crippen LogP contribution in [0.1, 0.15) is 19.4 Å². The number of amides is 2. The number of halogens is 1. The molecule has 1 aliphatic rings. The fourth-order valence-corrected chi connectivity index (χ4v) is 2.64. The maximum absolute atomic E-state index is 12.5. The van der Waals surface area contributed by atoms with Crippen LogP contribution in [0.5, 0.6) is 5.75 Å². The quantitative estimate of drug-likeness (QED) is 0.880. The van der Waals surface area contributed by atoms with E-state index >= 15 is 0 Å². The van der Waals surface area contributed by atoms with E-state index in [4.69, 9.17) is 10.5 Å². The molecule has 0 radical (unpaired) electrons. The average Bonchev–Trinajstić information content (AvgIpc) is 2.53. The van der Waals surface area contributed by atoms with E-state index in [0.29, 0.717) is 31.9 Å². The maximum atomic E-state index is 12.5. The van der Waals surface area contributed by atoms with Crippen LogP contribution in [-0.2, 0) is 9.59 Å². The van der Waals surface area contributed by atoms with Crippen LogP contribution in [0.2, 0.25) is 0 Å². The lowest BCUT2D eigenvalue weighted by atomic mass is 10.2. The number of piperazine rings is 1. The molecule has 1 aliphatic heterocycles. The van der Waals surface area contributed by atoms with E-state index in [1.165, 1.54) is 0 Å². The zero-order valence-electron chi connectivity index (χ0n) is 14.4. The molecular formula is C17H26ClN3O3. The van der Waals surface area contributed by atoms with Crippen molar-refractivity contribution < 1.29 is 14.3 Å². The van der Waals surface area contributed by atoms with Gasteiger partial charge in [0.1, 0.15) is 5.75 Å². The number of carbonyl (C=O) groups is 2. The number of nitrogens with zero attached hydrogens (tertiary/aromatic N) is 2. The molecule has 1 aromatic rings. The molecule has 2 N–H and O–H groups in total. The predicted molar refractivity (Wildman–Crippen MR) is 95.3 cm³/mol. The summed E-state index contributed by atoms with van der Waals surface area (Å²) >= 11 is 0. The molecule has 2 rings (SSSR count). The van der Waals surface area contributed by atoms with Gasteiger partial charge in [-0.15, -0.1) is 12.4 Å². The summed E-state index contributed by atoms with van der Waals surface area (Å²) in [5, 5.41) is 0. The molecule has 2 atom stereocenters. The van der Waals surface area contributed by atoms with Gasteiger partial charge in [0, 0.05) is 26.2 Å². The third-order valence-corrected chi connectivity index (χ3v) is 3.94. The molecule has 0 bridgehead atoms. The van der Waals surface area contributed by atoms with Crippen molar-refractivity contribution in [1.82, 2.24) is 9.80 Å². The monoisotopic (exact) mass is 355 g/mol. The van der Waals surface area contributed by atoms with Crippen molar-refractivity contribution in [1.29, 1.82) is 0 Å². The summed E-state index contributed by atoms with van der Waals surface area (Å²) in [4.78, 5) is 27.8. The number of hydrogen-bond acceptors (Lipinski definition) is 4. The lowest BCUT2D eigenvalue weighted by Gasteiger charge is -2.36. The van der Waals surface area contributed by atoms with Crippen LogP contribution in [0, 0.1) is 6.92 Å². The molecule has 0 spiro atoms. The van der Waals surface area contributed by atoms with Crippen LogP contribution in [-0.4, -0.2) is 59.9 Å². The Morgan fingerprint density at radius 3 is 2.12 bits per heavy atom. The molecule has 0 saturated carbocycles. The number of benzene rings is 1. The summed E-state index contributed by atoms with van der Waals surface area (Å²) in [6.45, 7) is 7.47. The second-order valence-electron chi connectivity index (χ2n) is 6.02. The molecule has 6 nitrogen and oxygen atoms in total. The third kappa shape index (κ3) is 5.11. The van der Waals surface area contributed by atoms with Gasteiger partial charge in [-0.3, -0.25) is 9.59 Å². The van der Waals surface area contributed by atoms with E-state index in [0.717, 1.165) is 5.56 Å². The van der Waals surface area contributed by atoms with E-state index in [2.05, 4.69) is 0 Å². The fourth-order valence-electron chi connectivity index (χ4n) is 2.64. The first-order valence-corrected chi connectivity index (χ1v) is 7.95. The van der Waals surface area contributed by atoms with Crippen molar-refractivity contribution in [3.05, 3.63) is 29.8 Å². The molecule has 1 fully saturated rings. The van der Waals surface area contributed by atoms with Gasteiger partial charge in [0.15, 0.2) is 6.10 Å². The van der Waals surface area contributed by atoms with E-state index in [1.54, 1.807) is 23.6 Å². The molecule has 0 aliphatic carbocycles. The van der Waals surface area contributed by atoms with E-state index in [9.17, 15) is 9.59 Å². The first kappa shape index (κ1) is 20.3. The van der Waals surface area contributed by atoms with Crippen molar-refractivity contribution in [3.63, 3.8) is 0 Å². The van der Waals surface area contributed by atoms with Crippen molar-refractivity contribution in [2.24, 2.45) is 5.73 Å². The number of aryl methyl sites for hydroxylation is 1. The Kier molecular flexibility index (Phi) is 7.51. The Morgan fingerprint density at radius 2 is 1.62 bits per heavy atom. The van der Waals surface area contributed by atoms with Gasteiger partial charge in [0.25, 0.3) is 5.91 Å². The van der Waals surface area contributed by atoms with Crippen molar-refractivity contribution in [2.45, 2.75) is 32.9 Å². The molecular weight excluding hydrogens is 330 g/mol. The third-order valence-electron chi connectivity index (χ3n) is 3.94. The van der Waals surface area contributed by atoms with Gasteiger partial charge in [-0.05, 0) is 38.5 Å². The fraction of sp³-hybridized carbons (Fsp3) is 0.529. The lowest BCUT2D eigenvalue weighted by Crippen LogP contribution is -2.55. The summed E-state index contributed by atoms with van der Waals surface area (Å²) in [5.74, 6) is 0.567. The zero-order valence-corrected chi connectivity index (χ0v) is 15.2. The Bertz CT molecular complexity index is 572. The van der Waals surface area contributed by atoms with Gasteiger partial charge in [-0.1, -0.05) is 12.1 Å². The van der Waals surface area contributed by atoms with Gasteiger partial charge in [-0.2, -0.15) is 0 Å². The van der Waals surface area contributed by atoms with E-state index in [-0.39, 0.29) is 24.2 Å². The second-order valence-corrected chi connectivity index (χ2v) is 6.02. The number of rotatable bonds is 4. The summed E-state index contributed by atoms with van der Waals surface area (Å²) in [7, 11) is 0. The Morgan fingerprint density at radius 1 is 1.08 bits per heavy atom. The summed E-state index contributed by atoms with van der Waals surface area (Å²) in [5.41, 5.74) is 6.70. The van der Waals surface area contributed by atoms with Crippen LogP contribution >= 0.6 is 12.4 Å². The summed E-state index contributed by atoms with van der Waals surface area (Å²) in [6.07, 6.45) is -0.549. The lowest BCUT2D eigenvalue weighted by molar-refractivity contribution is -0.144. The Balaban J connectivity index is 0.00000288. The number of carbonyl (C=O) groups excluding carboxylic acids is 2. The highest BCUT2D eigenvalue weighted by Gasteiger charge is 2.28. The van der Waals surface area contributed by atoms with Crippen LogP contribution in [0.15, 0.2) is 24.3 Å². The molecule has 7 heteroatoms. The highest BCUT2D eigenvalue weighted by molar-refractivity contribution is 5.85. The summed E-state index contributed by atoms with van der Waals surface area (Å²) < 4.78 is 5.73. The van der Waals surface area contributed by atoms with E-state index < -0.39 is 12.1 Å². The standard InChI is InChI=1S/C17H25N3O3.ClH/c1-12-5-4-6-15(11-12)23-14(3)17(22)20-9-7-19(8-10-20)16(21)13(2)18;/h4-6,11,13-14H,7-10,18H2,1-3H3;1H/t13-,14?;/m1./s1. The molecule has 134 valence electrons. The molecule has 1 heterocycles. The number of hydrogen-bond donors (Lipinski definition) is 1. The van der Waals surface area contributed by atoms with Gasteiger partial charge in [0.2, 0.25) is 5.91 Å². The highest BCUT2D eigenvalue weighted by Crippen LogP contribution is 2.15. The first-order chi connectivity index (χ1) is 10.9. The second kappa shape index (κ2) is 8.89. The van der Waals surface area contributed by atoms with Crippen LogP contribution in [0.25, 0.3) is 0 Å². The van der Waals surface area contributed by atoms with Crippen LogP contribution in [0.3, 0.4) is 0 Å². The number of ether oxygens (including phenoxy) is 1. The summed E-state index contributed by atoms with van der Waals surface area (Å²) in [6, 6.07) is 7.13. The predicted octanol–water partition coefficient (Wildman–Crippen LogP) is 1.20. The Hall–Kier alpha value is -1.79. The molecule has 24 heavy (non-hydrogen) atoms. The minimum Gasteiger partial charge on any atom is -0.481 e. The zero-order chi connectivity index (χ0) is 17.0. The van der Waals surface area contributed by atoms with Gasteiger partial charge in [-0.25, -0.2) is 0 Å². The highest BCUT2D eigenvalue weighted by atomic mass is 35.5. The molecule has 1 saturated heterocycles. The average molecular weight is 356 g/mol. The van der Waals surface area contributed by atoms with Crippen molar-refractivity contribution >= 4 is 24.2 Å². The number of nitrogens with two attached hydrogens (primary N) is 1. The molecule has 1 unspecified atom stereocenters. The van der Waals surface area contributed by atoms with Gasteiger partial charge in [0.05, 0.1) is 6.04 Å². The SMILES string of the molecule is Cc1cccc(OC(C)C(=O)N2CCN(C(=O)[C@@H](C)N)CC2)c1.Cl. The van der Waals surface area contributed by atoms with Crippen molar-refractivity contribution in [2.75, 3.05) is 26.2 Å². The first-order valence-electron chi connectivity index (χ1n) is 7.95. The molecule has 1 aromatic carbocycles. The smallest absolute Gasteiger partial charge is 0.263 e. The largest absolute Gasteiger partial charge is 0.481 e. The van der Waals surface area contributed by atoms with Crippen LogP contribution in [0.4, 0.5) is 0 Å². The Labute approximate surface area is 149 Å². The topological polar surface area (TPSA) is 75.9 Å². The molecule has 0 aromatic heterocycles. The van der Waals surface area contributed by atoms with Gasteiger partial charge < -0.3 is 20.3 Å². The van der Waals surface area contributed by atoms with Crippen LogP contribution < -0.4 is 10.5 Å². The maximum Gasteiger partial charge on any atom is 0.263 e.